The van der Waals surface area contributed by atoms with Crippen LogP contribution in [0.2, 0.25) is 0 Å². The van der Waals surface area contributed by atoms with Crippen molar-refractivity contribution in [2.75, 3.05) is 12.4 Å². The van der Waals surface area contributed by atoms with E-state index in [-0.39, 0.29) is 6.61 Å². The van der Waals surface area contributed by atoms with Gasteiger partial charge >= 0.3 is 0 Å². The van der Waals surface area contributed by atoms with Gasteiger partial charge in [0.15, 0.2) is 0 Å². The van der Waals surface area contributed by atoms with Crippen molar-refractivity contribution < 1.29 is 9.84 Å². The molecule has 2 aromatic carbocycles. The van der Waals surface area contributed by atoms with Crippen LogP contribution in [0.5, 0.6) is 5.75 Å². The molecule has 1 N–H and O–H groups in total. The molecule has 4 nitrogen and oxygen atoms in total. The lowest BCUT2D eigenvalue weighted by molar-refractivity contribution is 0.127. The Bertz CT molecular complexity index is 1090. The van der Waals surface area contributed by atoms with Gasteiger partial charge in [0.2, 0.25) is 0 Å². The third-order valence-corrected chi connectivity index (χ3v) is 6.77. The molecule has 4 rings (SSSR count). The van der Waals surface area contributed by atoms with Gasteiger partial charge < -0.3 is 9.84 Å². The Labute approximate surface area is 166 Å². The van der Waals surface area contributed by atoms with E-state index in [0.29, 0.717) is 5.75 Å². The fourth-order valence-corrected chi connectivity index (χ4v) is 5.01. The molecule has 2 heterocycles. The highest BCUT2D eigenvalue weighted by molar-refractivity contribution is 7.99. The predicted octanol–water partition coefficient (Wildman–Crippen LogP) is 4.99. The quantitative estimate of drug-likeness (QED) is 0.367. The van der Waals surface area contributed by atoms with Crippen LogP contribution in [-0.2, 0) is 0 Å². The highest BCUT2D eigenvalue weighted by atomic mass is 32.2. The molecule has 1 unspecified atom stereocenters. The first-order valence-electron chi connectivity index (χ1n) is 8.75. The number of aliphatic hydroxyl groups excluding tert-OH is 1. The van der Waals surface area contributed by atoms with Gasteiger partial charge in [-0.2, -0.15) is 0 Å². The molecule has 0 radical (unpaired) electrons. The Hall–Kier alpha value is -2.15. The molecule has 0 aliphatic rings. The molecule has 27 heavy (non-hydrogen) atoms. The van der Waals surface area contributed by atoms with E-state index >= 15 is 0 Å². The molecule has 2 aromatic heterocycles. The van der Waals surface area contributed by atoms with Gasteiger partial charge in [-0.3, -0.25) is 0 Å². The van der Waals surface area contributed by atoms with Gasteiger partial charge in [0.25, 0.3) is 0 Å². The number of benzene rings is 2. The van der Waals surface area contributed by atoms with E-state index in [0.717, 1.165) is 31.8 Å². The summed E-state index contributed by atoms with van der Waals surface area (Å²) in [6.45, 7) is 4.45. The summed E-state index contributed by atoms with van der Waals surface area (Å²) in [6, 6.07) is 14.1. The number of fused-ring (bicyclic) bond motifs is 2. The van der Waals surface area contributed by atoms with Gasteiger partial charge in [-0.05, 0) is 30.9 Å². The molecule has 0 bridgehead atoms. The zero-order valence-corrected chi connectivity index (χ0v) is 16.8. The van der Waals surface area contributed by atoms with Crippen LogP contribution in [0.1, 0.15) is 10.4 Å². The summed E-state index contributed by atoms with van der Waals surface area (Å²) in [5.41, 5.74) is 1.22. The van der Waals surface area contributed by atoms with Crippen molar-refractivity contribution in [1.82, 2.24) is 9.97 Å². The Kier molecular flexibility index (Phi) is 5.29. The van der Waals surface area contributed by atoms with Crippen molar-refractivity contribution in [1.29, 1.82) is 0 Å². The lowest BCUT2D eigenvalue weighted by atomic mass is 10.1. The summed E-state index contributed by atoms with van der Waals surface area (Å²) in [7, 11) is 0. The van der Waals surface area contributed by atoms with Gasteiger partial charge in [0, 0.05) is 21.4 Å². The number of aromatic nitrogens is 2. The van der Waals surface area contributed by atoms with Crippen molar-refractivity contribution in [3.05, 3.63) is 59.2 Å². The maximum atomic E-state index is 10.4. The summed E-state index contributed by atoms with van der Waals surface area (Å²) in [5, 5.41) is 14.6. The van der Waals surface area contributed by atoms with Crippen LogP contribution in [-0.4, -0.2) is 33.5 Å². The fourth-order valence-electron chi connectivity index (χ4n) is 2.99. The summed E-state index contributed by atoms with van der Waals surface area (Å²) in [6.07, 6.45) is 1.01. The van der Waals surface area contributed by atoms with Crippen LogP contribution < -0.4 is 4.74 Å². The largest absolute Gasteiger partial charge is 0.490 e. The Morgan fingerprint density at radius 1 is 1.11 bits per heavy atom. The van der Waals surface area contributed by atoms with E-state index in [1.807, 2.05) is 30.3 Å². The fraction of sp³-hybridized carbons (Fsp3) is 0.238. The van der Waals surface area contributed by atoms with E-state index in [1.165, 1.54) is 10.4 Å². The van der Waals surface area contributed by atoms with E-state index in [4.69, 9.17) is 4.74 Å². The third-order valence-electron chi connectivity index (χ3n) is 4.52. The molecule has 0 spiro atoms. The number of aliphatic hydroxyl groups is 1. The van der Waals surface area contributed by atoms with E-state index in [9.17, 15) is 5.11 Å². The molecular weight excluding hydrogens is 376 g/mol. The topological polar surface area (TPSA) is 55.2 Å². The molecule has 6 heteroatoms. The van der Waals surface area contributed by atoms with Crippen LogP contribution in [0.15, 0.2) is 53.8 Å². The van der Waals surface area contributed by atoms with Crippen LogP contribution in [0.3, 0.4) is 0 Å². The molecule has 0 amide bonds. The minimum absolute atomic E-state index is 0.247. The van der Waals surface area contributed by atoms with Gasteiger partial charge in [-0.15, -0.1) is 23.1 Å². The Balaban J connectivity index is 1.42. The Morgan fingerprint density at radius 3 is 2.81 bits per heavy atom. The van der Waals surface area contributed by atoms with Gasteiger partial charge in [-0.25, -0.2) is 9.97 Å². The predicted molar refractivity (Wildman–Crippen MR) is 113 cm³/mol. The van der Waals surface area contributed by atoms with E-state index in [1.54, 1.807) is 29.4 Å². The van der Waals surface area contributed by atoms with Crippen LogP contribution in [0.25, 0.3) is 21.0 Å². The molecule has 0 saturated carbocycles. The number of hydrogen-bond donors (Lipinski definition) is 1. The first kappa shape index (κ1) is 18.2. The first-order valence-corrected chi connectivity index (χ1v) is 10.6. The average Bonchev–Trinajstić information content (AvgIpc) is 2.99. The number of ether oxygens (including phenoxy) is 1. The zero-order chi connectivity index (χ0) is 18.8. The molecule has 0 fully saturated rings. The minimum atomic E-state index is -0.584. The SMILES string of the molecule is Cc1sc2ncnc(SCC(O)COc3cccc4ccccc34)c2c1C. The second-order valence-corrected chi connectivity index (χ2v) is 8.61. The number of thioether (sulfide) groups is 1. The van der Waals surface area contributed by atoms with Gasteiger partial charge in [-0.1, -0.05) is 36.4 Å². The third kappa shape index (κ3) is 3.78. The lowest BCUT2D eigenvalue weighted by Gasteiger charge is -2.14. The summed E-state index contributed by atoms with van der Waals surface area (Å²) in [5.74, 6) is 1.32. The molecule has 0 aliphatic carbocycles. The number of thiophene rings is 1. The van der Waals surface area contributed by atoms with Crippen molar-refractivity contribution in [3.8, 4) is 5.75 Å². The highest BCUT2D eigenvalue weighted by Crippen LogP contribution is 2.34. The normalized spacial score (nSPS) is 12.6. The molecule has 138 valence electrons. The van der Waals surface area contributed by atoms with Crippen LogP contribution >= 0.6 is 23.1 Å². The molecular formula is C21H20N2O2S2. The standard InChI is InChI=1S/C21H20N2O2S2/c1-13-14(2)27-21-19(13)20(22-12-23-21)26-11-16(24)10-25-18-9-5-7-15-6-3-4-8-17(15)18/h3-9,12,16,24H,10-11H2,1-2H3. The molecule has 0 saturated heterocycles. The average molecular weight is 397 g/mol. The van der Waals surface area contributed by atoms with Crippen LogP contribution in [0, 0.1) is 13.8 Å². The van der Waals surface area contributed by atoms with Crippen molar-refractivity contribution >= 4 is 44.1 Å². The van der Waals surface area contributed by atoms with Crippen molar-refractivity contribution in [2.45, 2.75) is 25.0 Å². The maximum Gasteiger partial charge on any atom is 0.128 e. The second-order valence-electron chi connectivity index (χ2n) is 6.40. The molecule has 1 atom stereocenters. The minimum Gasteiger partial charge on any atom is -0.490 e. The Morgan fingerprint density at radius 2 is 1.93 bits per heavy atom. The van der Waals surface area contributed by atoms with Crippen LogP contribution in [0.4, 0.5) is 0 Å². The number of aryl methyl sites for hydroxylation is 2. The van der Waals surface area contributed by atoms with Crippen molar-refractivity contribution in [3.63, 3.8) is 0 Å². The maximum absolute atomic E-state index is 10.4. The zero-order valence-electron chi connectivity index (χ0n) is 15.2. The summed E-state index contributed by atoms with van der Waals surface area (Å²) in [4.78, 5) is 11.0. The second kappa shape index (κ2) is 7.84. The van der Waals surface area contributed by atoms with Crippen molar-refractivity contribution in [2.24, 2.45) is 0 Å². The van der Waals surface area contributed by atoms with E-state index in [2.05, 4.69) is 35.9 Å². The highest BCUT2D eigenvalue weighted by Gasteiger charge is 2.14. The number of hydrogen-bond acceptors (Lipinski definition) is 6. The lowest BCUT2D eigenvalue weighted by Crippen LogP contribution is -2.20. The molecule has 0 aliphatic heterocycles. The summed E-state index contributed by atoms with van der Waals surface area (Å²) >= 11 is 3.23. The van der Waals surface area contributed by atoms with E-state index < -0.39 is 6.10 Å². The summed E-state index contributed by atoms with van der Waals surface area (Å²) < 4.78 is 5.89. The number of nitrogens with zero attached hydrogens (tertiary/aromatic N) is 2. The number of rotatable bonds is 6. The first-order chi connectivity index (χ1) is 13.1. The monoisotopic (exact) mass is 396 g/mol. The smallest absolute Gasteiger partial charge is 0.128 e. The molecule has 4 aromatic rings. The van der Waals surface area contributed by atoms with Gasteiger partial charge in [0.1, 0.15) is 28.5 Å². The van der Waals surface area contributed by atoms with Gasteiger partial charge in [0.05, 0.1) is 6.10 Å².